The number of nitrogens with zero attached hydrogens (tertiary/aromatic N) is 4. The molecule has 2 rings (SSSR count). The third-order valence-electron chi connectivity index (χ3n) is 1.57. The molecule has 0 aliphatic carbocycles. The van der Waals surface area contributed by atoms with Gasteiger partial charge in [0.05, 0.1) is 0 Å². The molecule has 2 aromatic heterocycles. The molecule has 5 nitrogen and oxygen atoms in total. The molecule has 0 radical (unpaired) electrons. The quantitative estimate of drug-likeness (QED) is 0.259. The third-order valence-corrected chi connectivity index (χ3v) is 2.26. The molecule has 0 atom stereocenters. The maximum atomic E-state index is 8.74. The molecule has 0 spiro atoms. The molecule has 2 heterocycles. The number of H-pyrrole nitrogens is 1. The van der Waals surface area contributed by atoms with Crippen molar-refractivity contribution < 1.29 is 51.4 Å². The zero-order valence-corrected chi connectivity index (χ0v) is 11.6. The van der Waals surface area contributed by atoms with Crippen molar-refractivity contribution >= 4 is 22.8 Å². The Balaban J connectivity index is 0.000000980. The molecule has 0 aliphatic heterocycles. The normalized spacial score (nSPS) is 9.43. The van der Waals surface area contributed by atoms with Gasteiger partial charge in [0.2, 0.25) is 0 Å². The van der Waals surface area contributed by atoms with Crippen LogP contribution in [0.2, 0.25) is 0 Å². The first-order valence-electron chi connectivity index (χ1n) is 3.43. The monoisotopic (exact) mass is 229 g/mol. The van der Waals surface area contributed by atoms with E-state index in [2.05, 4.69) is 26.5 Å². The van der Waals surface area contributed by atoms with Gasteiger partial charge < -0.3 is 15.1 Å². The summed E-state index contributed by atoms with van der Waals surface area (Å²) in [5.74, 6) is 0. The number of thioether (sulfide) groups is 1. The van der Waals surface area contributed by atoms with Crippen LogP contribution in [0.3, 0.4) is 0 Å². The van der Waals surface area contributed by atoms with Crippen molar-refractivity contribution in [3.05, 3.63) is 12.0 Å². The smallest absolute Gasteiger partial charge is 0.359 e. The summed E-state index contributed by atoms with van der Waals surface area (Å²) in [4.78, 5) is 7.76. The minimum atomic E-state index is 0. The molecule has 64 valence electrons. The Kier molecular flexibility index (Phi) is 4.50. The molecule has 0 amide bonds. The summed E-state index contributed by atoms with van der Waals surface area (Å²) in [5, 5.41) is 16.6. The van der Waals surface area contributed by atoms with Gasteiger partial charge in [-0.2, -0.15) is 22.1 Å². The topological polar surface area (TPSA) is 78.2 Å². The fourth-order valence-corrected chi connectivity index (χ4v) is 1.55. The van der Waals surface area contributed by atoms with Gasteiger partial charge in [-0.1, -0.05) is 0 Å². The number of aromatic amines is 1. The molecule has 0 unspecified atom stereocenters. The van der Waals surface area contributed by atoms with Crippen molar-refractivity contribution in [3.63, 3.8) is 0 Å². The van der Waals surface area contributed by atoms with Crippen LogP contribution in [0.25, 0.3) is 11.0 Å². The van der Waals surface area contributed by atoms with Gasteiger partial charge in [0.25, 0.3) is 0 Å². The number of nitriles is 1. The molecule has 1 N–H and O–H groups in total. The van der Waals surface area contributed by atoms with Crippen molar-refractivity contribution in [1.82, 2.24) is 20.2 Å². The van der Waals surface area contributed by atoms with E-state index in [1.165, 1.54) is 11.8 Å². The van der Waals surface area contributed by atoms with Crippen LogP contribution in [0, 0.1) is 17.7 Å². The van der Waals surface area contributed by atoms with E-state index in [0.717, 1.165) is 5.03 Å². The minimum absolute atomic E-state index is 0. The Bertz CT molecular complexity index is 488. The molecule has 0 aliphatic rings. The number of nitrogens with one attached hydrogen (secondary N) is 1. The van der Waals surface area contributed by atoms with Gasteiger partial charge in [-0.25, -0.2) is 0 Å². The molecule has 0 bridgehead atoms. The maximum absolute atomic E-state index is 8.74. The molecule has 0 saturated carbocycles. The fraction of sp³-hybridized carbons (Fsp3) is 0.143. The van der Waals surface area contributed by atoms with Gasteiger partial charge in [0.15, 0.2) is 0 Å². The van der Waals surface area contributed by atoms with Crippen molar-refractivity contribution in [1.29, 1.82) is 5.26 Å². The summed E-state index contributed by atoms with van der Waals surface area (Å²) in [6, 6.07) is 1.98. The predicted octanol–water partition coefficient (Wildman–Crippen LogP) is -2.25. The summed E-state index contributed by atoms with van der Waals surface area (Å²) in [7, 11) is 0. The summed E-state index contributed by atoms with van der Waals surface area (Å²) >= 11 is 1.44. The van der Waals surface area contributed by atoms with Crippen LogP contribution in [0.15, 0.2) is 5.03 Å². The number of aromatic nitrogens is 4. The Hall–Kier alpha value is 0.0264. The second-order valence-electron chi connectivity index (χ2n) is 2.24. The fourth-order valence-electron chi connectivity index (χ4n) is 1.02. The zero-order valence-electron chi connectivity index (χ0n) is 7.70. The van der Waals surface area contributed by atoms with Crippen molar-refractivity contribution in [2.45, 2.75) is 5.03 Å². The van der Waals surface area contributed by atoms with E-state index >= 15 is 0 Å². The summed E-state index contributed by atoms with van der Waals surface area (Å²) in [5.41, 5.74) is 0.879. The molecule has 7 heteroatoms. The number of rotatable bonds is 1. The molecular formula is C7H4KN5S. The van der Waals surface area contributed by atoms with Gasteiger partial charge in [0.1, 0.15) is 11.8 Å². The maximum Gasteiger partial charge on any atom is 1.00 e. The Morgan fingerprint density at radius 3 is 2.93 bits per heavy atom. The van der Waals surface area contributed by atoms with E-state index < -0.39 is 0 Å². The first-order chi connectivity index (χ1) is 6.36. The number of fused-ring (bicyclic) bond motifs is 1. The Labute approximate surface area is 127 Å². The second kappa shape index (κ2) is 5.20. The van der Waals surface area contributed by atoms with E-state index in [1.807, 2.05) is 12.3 Å². The van der Waals surface area contributed by atoms with E-state index in [1.54, 1.807) is 0 Å². The first-order valence-corrected chi connectivity index (χ1v) is 4.65. The Morgan fingerprint density at radius 2 is 2.29 bits per heavy atom. The molecule has 0 saturated heterocycles. The SMILES string of the molecule is CSc1n[c-]nc2[nH]nc(C#N)c12.[K+]. The van der Waals surface area contributed by atoms with Gasteiger partial charge in [-0.15, -0.1) is 0 Å². The minimum Gasteiger partial charge on any atom is -0.359 e. The summed E-state index contributed by atoms with van der Waals surface area (Å²) in [6.07, 6.45) is 4.37. The standard InChI is InChI=1S/C7H4N5S.K/c1-13-7-5-4(2-8)11-12-6(5)9-3-10-7;/h1H3,(H,9,10,11,12);/q-1;+1. The second-order valence-corrected chi connectivity index (χ2v) is 3.04. The summed E-state index contributed by atoms with van der Waals surface area (Å²) in [6.45, 7) is 0. The van der Waals surface area contributed by atoms with E-state index in [0.29, 0.717) is 16.7 Å². The van der Waals surface area contributed by atoms with E-state index in [9.17, 15) is 0 Å². The average Bonchev–Trinajstić information content (AvgIpc) is 2.60. The van der Waals surface area contributed by atoms with Crippen LogP contribution in [-0.4, -0.2) is 26.4 Å². The van der Waals surface area contributed by atoms with Crippen molar-refractivity contribution in [2.75, 3.05) is 6.26 Å². The van der Waals surface area contributed by atoms with Gasteiger partial charge in [-0.3, -0.25) is 0 Å². The average molecular weight is 229 g/mol. The van der Waals surface area contributed by atoms with Crippen LogP contribution < -0.4 is 51.4 Å². The first kappa shape index (κ1) is 12.1. The third kappa shape index (κ3) is 2.00. The predicted molar refractivity (Wildman–Crippen MR) is 47.0 cm³/mol. The van der Waals surface area contributed by atoms with Crippen molar-refractivity contribution in [3.8, 4) is 6.07 Å². The molecule has 14 heavy (non-hydrogen) atoms. The Morgan fingerprint density at radius 1 is 1.50 bits per heavy atom. The van der Waals surface area contributed by atoms with Gasteiger partial charge >= 0.3 is 51.4 Å². The van der Waals surface area contributed by atoms with Gasteiger partial charge in [0, 0.05) is 12.0 Å². The van der Waals surface area contributed by atoms with Crippen LogP contribution >= 0.6 is 11.8 Å². The molecule has 0 aromatic carbocycles. The van der Waals surface area contributed by atoms with E-state index in [4.69, 9.17) is 5.26 Å². The van der Waals surface area contributed by atoms with Crippen LogP contribution in [0.1, 0.15) is 5.69 Å². The number of hydrogen-bond donors (Lipinski definition) is 1. The van der Waals surface area contributed by atoms with Crippen LogP contribution in [0.5, 0.6) is 0 Å². The van der Waals surface area contributed by atoms with Crippen molar-refractivity contribution in [2.24, 2.45) is 0 Å². The molecular weight excluding hydrogens is 225 g/mol. The molecule has 2 aromatic rings. The van der Waals surface area contributed by atoms with Gasteiger partial charge in [-0.05, 0) is 16.7 Å². The number of hydrogen-bond acceptors (Lipinski definition) is 5. The largest absolute Gasteiger partial charge is 1.00 e. The van der Waals surface area contributed by atoms with E-state index in [-0.39, 0.29) is 51.4 Å². The van der Waals surface area contributed by atoms with Crippen LogP contribution in [0.4, 0.5) is 0 Å². The zero-order chi connectivity index (χ0) is 9.26. The molecule has 0 fully saturated rings. The summed E-state index contributed by atoms with van der Waals surface area (Å²) < 4.78 is 0. The van der Waals surface area contributed by atoms with Crippen LogP contribution in [-0.2, 0) is 0 Å².